The van der Waals surface area contributed by atoms with Gasteiger partial charge in [0.05, 0.1) is 10.6 Å². The molecule has 0 atom stereocenters. The molecular formula is C24H14FNOS2. The molecule has 1 saturated heterocycles. The Morgan fingerprint density at radius 3 is 2.10 bits per heavy atom. The number of benzene rings is 4. The fourth-order valence-corrected chi connectivity index (χ4v) is 4.91. The van der Waals surface area contributed by atoms with Gasteiger partial charge in [-0.15, -0.1) is 0 Å². The summed E-state index contributed by atoms with van der Waals surface area (Å²) in [5.74, 6) is -0.775. The van der Waals surface area contributed by atoms with Crippen molar-refractivity contribution in [2.45, 2.75) is 0 Å². The average molecular weight is 416 g/mol. The lowest BCUT2D eigenvalue weighted by Gasteiger charge is -2.15. The Morgan fingerprint density at radius 1 is 0.862 bits per heavy atom. The van der Waals surface area contributed by atoms with Crippen LogP contribution in [0.5, 0.6) is 0 Å². The van der Waals surface area contributed by atoms with E-state index < -0.39 is 5.82 Å². The van der Waals surface area contributed by atoms with Crippen molar-refractivity contribution in [1.29, 1.82) is 0 Å². The SMILES string of the molecule is O=C1/C(=C/c2c3ccccc3cc3ccccc23)SC(=S)N1c1ccccc1F. The van der Waals surface area contributed by atoms with Crippen LogP contribution in [-0.2, 0) is 4.79 Å². The lowest BCUT2D eigenvalue weighted by Crippen LogP contribution is -2.28. The maximum atomic E-state index is 14.3. The molecule has 29 heavy (non-hydrogen) atoms. The lowest BCUT2D eigenvalue weighted by atomic mass is 9.96. The smallest absolute Gasteiger partial charge is 0.268 e. The topological polar surface area (TPSA) is 20.3 Å². The van der Waals surface area contributed by atoms with Crippen molar-refractivity contribution in [3.8, 4) is 0 Å². The third kappa shape index (κ3) is 3.03. The van der Waals surface area contributed by atoms with Gasteiger partial charge in [-0.05, 0) is 51.4 Å². The highest BCUT2D eigenvalue weighted by Crippen LogP contribution is 2.39. The number of fused-ring (bicyclic) bond motifs is 2. The minimum Gasteiger partial charge on any atom is -0.268 e. The highest BCUT2D eigenvalue weighted by Gasteiger charge is 2.34. The van der Waals surface area contributed by atoms with Crippen molar-refractivity contribution in [1.82, 2.24) is 0 Å². The number of para-hydroxylation sites is 1. The maximum absolute atomic E-state index is 14.3. The molecule has 1 amide bonds. The molecule has 0 radical (unpaired) electrons. The monoisotopic (exact) mass is 415 g/mol. The zero-order valence-electron chi connectivity index (χ0n) is 15.1. The van der Waals surface area contributed by atoms with Crippen LogP contribution in [0.3, 0.4) is 0 Å². The van der Waals surface area contributed by atoms with E-state index >= 15 is 0 Å². The summed E-state index contributed by atoms with van der Waals surface area (Å²) in [6.45, 7) is 0. The van der Waals surface area contributed by atoms with Crippen LogP contribution >= 0.6 is 24.0 Å². The number of amides is 1. The normalized spacial score (nSPS) is 15.8. The summed E-state index contributed by atoms with van der Waals surface area (Å²) in [7, 11) is 0. The van der Waals surface area contributed by atoms with Gasteiger partial charge in [0.1, 0.15) is 5.82 Å². The van der Waals surface area contributed by atoms with Gasteiger partial charge in [0.25, 0.3) is 5.91 Å². The first kappa shape index (κ1) is 18.0. The third-order valence-corrected chi connectivity index (χ3v) is 6.28. The molecular weight excluding hydrogens is 401 g/mol. The molecule has 4 aromatic rings. The minimum absolute atomic E-state index is 0.182. The van der Waals surface area contributed by atoms with Crippen molar-refractivity contribution in [2.24, 2.45) is 0 Å². The third-order valence-electron chi connectivity index (χ3n) is 4.98. The Labute approximate surface area is 176 Å². The second-order valence-corrected chi connectivity index (χ2v) is 8.38. The van der Waals surface area contributed by atoms with Crippen LogP contribution in [0.2, 0.25) is 0 Å². The molecule has 0 N–H and O–H groups in total. The molecule has 0 bridgehead atoms. The lowest BCUT2D eigenvalue weighted by molar-refractivity contribution is -0.113. The fraction of sp³-hybridized carbons (Fsp3) is 0. The van der Waals surface area contributed by atoms with Gasteiger partial charge in [0.2, 0.25) is 0 Å². The summed E-state index contributed by atoms with van der Waals surface area (Å²) in [6, 6.07) is 24.5. The molecule has 1 aliphatic heterocycles. The molecule has 0 aliphatic carbocycles. The first-order valence-electron chi connectivity index (χ1n) is 9.06. The Bertz CT molecular complexity index is 1290. The van der Waals surface area contributed by atoms with E-state index in [4.69, 9.17) is 12.2 Å². The second kappa shape index (κ2) is 7.10. The van der Waals surface area contributed by atoms with E-state index in [1.54, 1.807) is 18.2 Å². The van der Waals surface area contributed by atoms with Crippen LogP contribution in [0, 0.1) is 5.82 Å². The van der Waals surface area contributed by atoms with Crippen LogP contribution in [-0.4, -0.2) is 10.2 Å². The number of carbonyl (C=O) groups is 1. The quantitative estimate of drug-likeness (QED) is 0.211. The molecule has 0 saturated carbocycles. The van der Waals surface area contributed by atoms with Crippen molar-refractivity contribution in [2.75, 3.05) is 4.90 Å². The Balaban J connectivity index is 1.69. The fourth-order valence-electron chi connectivity index (χ4n) is 3.64. The molecule has 1 fully saturated rings. The number of halogens is 1. The van der Waals surface area contributed by atoms with Crippen molar-refractivity contribution in [3.63, 3.8) is 0 Å². The van der Waals surface area contributed by atoms with E-state index in [0.717, 1.165) is 27.1 Å². The number of nitrogens with zero attached hydrogens (tertiary/aromatic N) is 1. The van der Waals surface area contributed by atoms with Crippen LogP contribution in [0.1, 0.15) is 5.56 Å². The highest BCUT2D eigenvalue weighted by molar-refractivity contribution is 8.27. The van der Waals surface area contributed by atoms with E-state index in [9.17, 15) is 9.18 Å². The van der Waals surface area contributed by atoms with E-state index in [1.165, 1.54) is 22.7 Å². The van der Waals surface area contributed by atoms with Crippen LogP contribution in [0.25, 0.3) is 27.6 Å². The second-order valence-electron chi connectivity index (χ2n) is 6.70. The molecule has 0 unspecified atom stereocenters. The first-order chi connectivity index (χ1) is 14.1. The summed E-state index contributed by atoms with van der Waals surface area (Å²) in [5.41, 5.74) is 1.15. The van der Waals surface area contributed by atoms with E-state index in [-0.39, 0.29) is 11.6 Å². The predicted octanol–water partition coefficient (Wildman–Crippen LogP) is 6.54. The predicted molar refractivity (Wildman–Crippen MR) is 124 cm³/mol. The van der Waals surface area contributed by atoms with Gasteiger partial charge in [-0.2, -0.15) is 0 Å². The van der Waals surface area contributed by atoms with Gasteiger partial charge in [0.15, 0.2) is 4.32 Å². The summed E-state index contributed by atoms with van der Waals surface area (Å²) in [6.07, 6.45) is 1.88. The molecule has 0 spiro atoms. The number of thiocarbonyl (C=S) groups is 1. The number of rotatable bonds is 2. The molecule has 4 aromatic carbocycles. The highest BCUT2D eigenvalue weighted by atomic mass is 32.2. The number of carbonyl (C=O) groups excluding carboxylic acids is 1. The number of hydrogen-bond acceptors (Lipinski definition) is 3. The molecule has 5 heteroatoms. The first-order valence-corrected chi connectivity index (χ1v) is 10.3. The number of anilines is 1. The zero-order valence-corrected chi connectivity index (χ0v) is 16.8. The maximum Gasteiger partial charge on any atom is 0.270 e. The van der Waals surface area contributed by atoms with E-state index in [1.807, 2.05) is 42.5 Å². The molecule has 0 aromatic heterocycles. The summed E-state index contributed by atoms with van der Waals surface area (Å²) in [4.78, 5) is 14.9. The molecule has 1 heterocycles. The molecule has 1 aliphatic rings. The van der Waals surface area contributed by atoms with Crippen molar-refractivity contribution in [3.05, 3.63) is 95.1 Å². The number of thioether (sulfide) groups is 1. The van der Waals surface area contributed by atoms with Crippen molar-refractivity contribution < 1.29 is 9.18 Å². The Kier molecular flexibility index (Phi) is 4.42. The van der Waals surface area contributed by atoms with Gasteiger partial charge in [-0.1, -0.05) is 84.6 Å². The van der Waals surface area contributed by atoms with E-state index in [0.29, 0.717) is 9.23 Å². The average Bonchev–Trinajstić information content (AvgIpc) is 3.01. The Hall–Kier alpha value is -3.02. The standard InChI is InChI=1S/C24H14FNOS2/c25-20-11-5-6-12-21(20)26-23(27)22(29-24(26)28)14-19-17-9-3-1-7-15(17)13-16-8-2-4-10-18(16)19/h1-14H/b22-14-. The number of hydrogen-bond donors (Lipinski definition) is 0. The molecule has 2 nitrogen and oxygen atoms in total. The van der Waals surface area contributed by atoms with Gasteiger partial charge < -0.3 is 0 Å². The van der Waals surface area contributed by atoms with Crippen molar-refractivity contribution >= 4 is 67.5 Å². The van der Waals surface area contributed by atoms with Gasteiger partial charge in [0, 0.05) is 0 Å². The van der Waals surface area contributed by atoms with Crippen LogP contribution in [0.15, 0.2) is 83.8 Å². The van der Waals surface area contributed by atoms with Gasteiger partial charge in [-0.3, -0.25) is 9.69 Å². The summed E-state index contributed by atoms with van der Waals surface area (Å²) in [5, 5.41) is 4.31. The molecule has 5 rings (SSSR count). The van der Waals surface area contributed by atoms with Crippen LogP contribution in [0.4, 0.5) is 10.1 Å². The summed E-state index contributed by atoms with van der Waals surface area (Å²) >= 11 is 6.60. The van der Waals surface area contributed by atoms with E-state index in [2.05, 4.69) is 18.2 Å². The van der Waals surface area contributed by atoms with Gasteiger partial charge in [-0.25, -0.2) is 4.39 Å². The van der Waals surface area contributed by atoms with Crippen LogP contribution < -0.4 is 4.90 Å². The largest absolute Gasteiger partial charge is 0.270 e. The van der Waals surface area contributed by atoms with Gasteiger partial charge >= 0.3 is 0 Å². The Morgan fingerprint density at radius 2 is 1.45 bits per heavy atom. The zero-order chi connectivity index (χ0) is 20.0. The summed E-state index contributed by atoms with van der Waals surface area (Å²) < 4.78 is 14.6. The minimum atomic E-state index is -0.472. The molecule has 140 valence electrons.